The zero-order valence-corrected chi connectivity index (χ0v) is 13.5. The number of benzene rings is 2. The van der Waals surface area contributed by atoms with Gasteiger partial charge in [-0.2, -0.15) is 0 Å². The molecule has 0 bridgehead atoms. The summed E-state index contributed by atoms with van der Waals surface area (Å²) in [6.45, 7) is 1.83. The first-order valence-corrected chi connectivity index (χ1v) is 7.86. The number of aliphatic hydroxyl groups excluding tert-OH is 1. The van der Waals surface area contributed by atoms with Crippen LogP contribution in [-0.2, 0) is 16.0 Å². The van der Waals surface area contributed by atoms with Gasteiger partial charge in [0.05, 0.1) is 12.6 Å². The third-order valence-electron chi connectivity index (χ3n) is 3.56. The van der Waals surface area contributed by atoms with Crippen LogP contribution in [0.4, 0.5) is 0 Å². The van der Waals surface area contributed by atoms with Crippen molar-refractivity contribution in [3.63, 3.8) is 0 Å². The van der Waals surface area contributed by atoms with Gasteiger partial charge in [0.1, 0.15) is 0 Å². The minimum Gasteiger partial charge on any atom is -0.464 e. The standard InChI is InChI=1S/C19H21NO4/c1-2-24-19(23)17(21)16(13-14-9-5-3-6-10-14)20-18(22)15-11-7-4-8-12-15/h3-12,16-17,21H,2,13H2,1H3,(H,20,22)/t16-,17-/m0/s1. The molecule has 0 aliphatic rings. The Bertz CT molecular complexity index is 658. The molecule has 0 radical (unpaired) electrons. The van der Waals surface area contributed by atoms with Crippen molar-refractivity contribution in [3.05, 3.63) is 71.8 Å². The first-order chi connectivity index (χ1) is 11.6. The van der Waals surface area contributed by atoms with Crippen molar-refractivity contribution in [2.24, 2.45) is 0 Å². The molecular formula is C19H21NO4. The van der Waals surface area contributed by atoms with Crippen LogP contribution in [0.3, 0.4) is 0 Å². The van der Waals surface area contributed by atoms with Crippen LogP contribution in [0.2, 0.25) is 0 Å². The molecule has 0 aliphatic heterocycles. The Morgan fingerprint density at radius 3 is 2.21 bits per heavy atom. The summed E-state index contributed by atoms with van der Waals surface area (Å²) in [7, 11) is 0. The molecule has 2 rings (SSSR count). The maximum atomic E-state index is 12.4. The highest BCUT2D eigenvalue weighted by atomic mass is 16.5. The van der Waals surface area contributed by atoms with Crippen molar-refractivity contribution in [3.8, 4) is 0 Å². The predicted molar refractivity (Wildman–Crippen MR) is 90.5 cm³/mol. The fourth-order valence-electron chi connectivity index (χ4n) is 2.34. The van der Waals surface area contributed by atoms with Crippen LogP contribution in [0.25, 0.3) is 0 Å². The summed E-state index contributed by atoms with van der Waals surface area (Å²) in [5.74, 6) is -1.09. The zero-order valence-electron chi connectivity index (χ0n) is 13.5. The lowest BCUT2D eigenvalue weighted by atomic mass is 10.0. The highest BCUT2D eigenvalue weighted by molar-refractivity contribution is 5.94. The fourth-order valence-corrected chi connectivity index (χ4v) is 2.34. The van der Waals surface area contributed by atoms with Crippen LogP contribution in [0.1, 0.15) is 22.8 Å². The summed E-state index contributed by atoms with van der Waals surface area (Å²) in [6.07, 6.45) is -1.11. The number of amides is 1. The van der Waals surface area contributed by atoms with Crippen LogP contribution in [0.5, 0.6) is 0 Å². The maximum absolute atomic E-state index is 12.4. The molecule has 5 nitrogen and oxygen atoms in total. The van der Waals surface area contributed by atoms with Gasteiger partial charge in [0.25, 0.3) is 5.91 Å². The fraction of sp³-hybridized carbons (Fsp3) is 0.263. The molecule has 0 saturated carbocycles. The molecule has 2 atom stereocenters. The van der Waals surface area contributed by atoms with E-state index >= 15 is 0 Å². The summed E-state index contributed by atoms with van der Waals surface area (Å²) in [4.78, 5) is 24.2. The van der Waals surface area contributed by atoms with Gasteiger partial charge >= 0.3 is 5.97 Å². The highest BCUT2D eigenvalue weighted by Gasteiger charge is 2.29. The van der Waals surface area contributed by atoms with Gasteiger partial charge in [-0.3, -0.25) is 4.79 Å². The molecule has 5 heteroatoms. The second-order valence-corrected chi connectivity index (χ2v) is 5.33. The lowest BCUT2D eigenvalue weighted by Gasteiger charge is -2.23. The first kappa shape index (κ1) is 17.7. The van der Waals surface area contributed by atoms with E-state index in [0.29, 0.717) is 12.0 Å². The molecule has 0 fully saturated rings. The number of aliphatic hydroxyl groups is 1. The van der Waals surface area contributed by atoms with Gasteiger partial charge in [0.15, 0.2) is 6.10 Å². The summed E-state index contributed by atoms with van der Waals surface area (Å²) in [5, 5.41) is 13.0. The minimum atomic E-state index is -1.43. The van der Waals surface area contributed by atoms with Crippen LogP contribution in [0.15, 0.2) is 60.7 Å². The monoisotopic (exact) mass is 327 g/mol. The number of carbonyl (C=O) groups is 2. The van der Waals surface area contributed by atoms with Gasteiger partial charge in [-0.25, -0.2) is 4.79 Å². The average Bonchev–Trinajstić information content (AvgIpc) is 2.62. The number of hydrogen-bond acceptors (Lipinski definition) is 4. The molecular weight excluding hydrogens is 306 g/mol. The third kappa shape index (κ3) is 4.93. The lowest BCUT2D eigenvalue weighted by molar-refractivity contribution is -0.154. The molecule has 0 spiro atoms. The quantitative estimate of drug-likeness (QED) is 0.762. The molecule has 126 valence electrons. The Morgan fingerprint density at radius 1 is 1.04 bits per heavy atom. The van der Waals surface area contributed by atoms with Gasteiger partial charge in [0.2, 0.25) is 0 Å². The molecule has 2 N–H and O–H groups in total. The SMILES string of the molecule is CCOC(=O)[C@@H](O)[C@H](Cc1ccccc1)NC(=O)c1ccccc1. The third-order valence-corrected chi connectivity index (χ3v) is 3.56. The van der Waals surface area contributed by atoms with Crippen molar-refractivity contribution in [1.82, 2.24) is 5.32 Å². The minimum absolute atomic E-state index is 0.167. The second kappa shape index (κ2) is 8.84. The van der Waals surface area contributed by atoms with Crippen molar-refractivity contribution >= 4 is 11.9 Å². The Labute approximate surface area is 141 Å². The van der Waals surface area contributed by atoms with E-state index in [0.717, 1.165) is 5.56 Å². The molecule has 24 heavy (non-hydrogen) atoms. The summed E-state index contributed by atoms with van der Waals surface area (Å²) in [6, 6.07) is 17.2. The van der Waals surface area contributed by atoms with E-state index in [1.807, 2.05) is 36.4 Å². The number of hydrogen-bond donors (Lipinski definition) is 2. The normalized spacial score (nSPS) is 12.9. The maximum Gasteiger partial charge on any atom is 0.337 e. The first-order valence-electron chi connectivity index (χ1n) is 7.86. The smallest absolute Gasteiger partial charge is 0.337 e. The van der Waals surface area contributed by atoms with Gasteiger partial charge < -0.3 is 15.2 Å². The molecule has 0 aromatic heterocycles. The summed E-state index contributed by atoms with van der Waals surface area (Å²) >= 11 is 0. The zero-order chi connectivity index (χ0) is 17.4. The van der Waals surface area contributed by atoms with Crippen molar-refractivity contribution in [2.75, 3.05) is 6.61 Å². The summed E-state index contributed by atoms with van der Waals surface area (Å²) in [5.41, 5.74) is 1.37. The molecule has 0 unspecified atom stereocenters. The van der Waals surface area contributed by atoms with Gasteiger partial charge in [-0.05, 0) is 31.0 Å². The van der Waals surface area contributed by atoms with E-state index in [1.54, 1.807) is 31.2 Å². The Hall–Kier alpha value is -2.66. The molecule has 0 heterocycles. The van der Waals surface area contributed by atoms with E-state index in [9.17, 15) is 14.7 Å². The van der Waals surface area contributed by atoms with Crippen LogP contribution in [-0.4, -0.2) is 35.7 Å². The largest absolute Gasteiger partial charge is 0.464 e. The molecule has 2 aromatic rings. The van der Waals surface area contributed by atoms with Crippen LogP contribution < -0.4 is 5.32 Å². The summed E-state index contributed by atoms with van der Waals surface area (Å²) < 4.78 is 4.87. The number of ether oxygens (including phenoxy) is 1. The van der Waals surface area contributed by atoms with Gasteiger partial charge in [0, 0.05) is 5.56 Å². The van der Waals surface area contributed by atoms with Crippen molar-refractivity contribution in [2.45, 2.75) is 25.5 Å². The van der Waals surface area contributed by atoms with Crippen LogP contribution >= 0.6 is 0 Å². The van der Waals surface area contributed by atoms with Crippen molar-refractivity contribution < 1.29 is 19.4 Å². The van der Waals surface area contributed by atoms with E-state index in [2.05, 4.69) is 5.32 Å². The Balaban J connectivity index is 2.15. The van der Waals surface area contributed by atoms with E-state index in [1.165, 1.54) is 0 Å². The van der Waals surface area contributed by atoms with E-state index in [-0.39, 0.29) is 12.5 Å². The van der Waals surface area contributed by atoms with Crippen LogP contribution in [0, 0.1) is 0 Å². The number of nitrogens with one attached hydrogen (secondary N) is 1. The Kier molecular flexibility index (Phi) is 6.51. The van der Waals surface area contributed by atoms with E-state index < -0.39 is 18.1 Å². The Morgan fingerprint density at radius 2 is 1.62 bits per heavy atom. The number of esters is 1. The second-order valence-electron chi connectivity index (χ2n) is 5.33. The van der Waals surface area contributed by atoms with Gasteiger partial charge in [-0.1, -0.05) is 48.5 Å². The predicted octanol–water partition coefficient (Wildman–Crippen LogP) is 1.95. The molecule has 2 aromatic carbocycles. The van der Waals surface area contributed by atoms with Crippen molar-refractivity contribution in [1.29, 1.82) is 0 Å². The number of carbonyl (C=O) groups excluding carboxylic acids is 2. The van der Waals surface area contributed by atoms with Gasteiger partial charge in [-0.15, -0.1) is 0 Å². The molecule has 1 amide bonds. The number of rotatable bonds is 7. The lowest BCUT2D eigenvalue weighted by Crippen LogP contribution is -2.48. The topological polar surface area (TPSA) is 75.6 Å². The van der Waals surface area contributed by atoms with E-state index in [4.69, 9.17) is 4.74 Å². The average molecular weight is 327 g/mol. The molecule has 0 aliphatic carbocycles. The highest BCUT2D eigenvalue weighted by Crippen LogP contribution is 2.09. The molecule has 0 saturated heterocycles.